The van der Waals surface area contributed by atoms with Crippen molar-refractivity contribution in [2.75, 3.05) is 20.2 Å². The fourth-order valence-corrected chi connectivity index (χ4v) is 1.19. The summed E-state index contributed by atoms with van der Waals surface area (Å²) in [4.78, 5) is 10.9. The second-order valence-electron chi connectivity index (χ2n) is 3.68. The van der Waals surface area contributed by atoms with Crippen molar-refractivity contribution in [2.45, 2.75) is 38.3 Å². The third kappa shape index (κ3) is 8.35. The minimum Gasteiger partial charge on any atom is -0.468 e. The first kappa shape index (κ1) is 14.3. The second kappa shape index (κ2) is 8.64. The van der Waals surface area contributed by atoms with Gasteiger partial charge in [-0.25, -0.2) is 0 Å². The third-order valence-corrected chi connectivity index (χ3v) is 2.06. The number of aliphatic hydroxyl groups is 1. The monoisotopic (exact) mass is 218 g/mol. The molecule has 0 rings (SSSR count). The number of methoxy groups -OCH3 is 1. The van der Waals surface area contributed by atoms with Crippen molar-refractivity contribution in [3.63, 3.8) is 0 Å². The van der Waals surface area contributed by atoms with Crippen molar-refractivity contribution >= 4 is 5.97 Å². The molecule has 5 heteroatoms. The van der Waals surface area contributed by atoms with Gasteiger partial charge < -0.3 is 20.9 Å². The zero-order valence-corrected chi connectivity index (χ0v) is 9.53. The van der Waals surface area contributed by atoms with Gasteiger partial charge in [-0.1, -0.05) is 6.42 Å². The molecule has 0 radical (unpaired) electrons. The molecule has 2 unspecified atom stereocenters. The lowest BCUT2D eigenvalue weighted by molar-refractivity contribution is -0.142. The Morgan fingerprint density at radius 2 is 2.20 bits per heavy atom. The van der Waals surface area contributed by atoms with Crippen LogP contribution >= 0.6 is 0 Å². The van der Waals surface area contributed by atoms with Gasteiger partial charge in [-0.15, -0.1) is 0 Å². The van der Waals surface area contributed by atoms with E-state index in [1.807, 2.05) is 0 Å². The summed E-state index contributed by atoms with van der Waals surface area (Å²) in [5.41, 5.74) is 5.56. The first-order valence-electron chi connectivity index (χ1n) is 5.30. The number of esters is 1. The number of hydrogen-bond donors (Lipinski definition) is 3. The molecule has 0 saturated carbocycles. The van der Waals surface area contributed by atoms with Crippen LogP contribution in [0.4, 0.5) is 0 Å². The number of aliphatic hydroxyl groups excluding tert-OH is 1. The van der Waals surface area contributed by atoms with Crippen molar-refractivity contribution in [3.8, 4) is 0 Å². The van der Waals surface area contributed by atoms with Crippen molar-refractivity contribution in [1.82, 2.24) is 5.32 Å². The average molecular weight is 218 g/mol. The molecule has 0 aromatic carbocycles. The van der Waals surface area contributed by atoms with Crippen LogP contribution in [0.25, 0.3) is 0 Å². The molecule has 0 aliphatic carbocycles. The number of carbonyl (C=O) groups is 1. The van der Waals surface area contributed by atoms with E-state index in [1.54, 1.807) is 6.92 Å². The van der Waals surface area contributed by atoms with Crippen LogP contribution in [0.2, 0.25) is 0 Å². The highest BCUT2D eigenvalue weighted by molar-refractivity contribution is 5.75. The Labute approximate surface area is 91.0 Å². The predicted molar refractivity (Wildman–Crippen MR) is 58.4 cm³/mol. The molecule has 2 atom stereocenters. The molecular weight excluding hydrogens is 196 g/mol. The van der Waals surface area contributed by atoms with Gasteiger partial charge in [-0.3, -0.25) is 4.79 Å². The van der Waals surface area contributed by atoms with E-state index < -0.39 is 6.04 Å². The van der Waals surface area contributed by atoms with Gasteiger partial charge in [0.2, 0.25) is 0 Å². The Hall–Kier alpha value is -0.650. The van der Waals surface area contributed by atoms with Crippen molar-refractivity contribution < 1.29 is 14.6 Å². The first-order chi connectivity index (χ1) is 7.07. The fraction of sp³-hybridized carbons (Fsp3) is 0.900. The summed E-state index contributed by atoms with van der Waals surface area (Å²) in [5, 5.41) is 12.1. The van der Waals surface area contributed by atoms with Gasteiger partial charge in [0.15, 0.2) is 0 Å². The largest absolute Gasteiger partial charge is 0.468 e. The first-order valence-corrected chi connectivity index (χ1v) is 5.30. The number of hydrogen-bond acceptors (Lipinski definition) is 5. The van der Waals surface area contributed by atoms with Gasteiger partial charge in [0, 0.05) is 6.54 Å². The van der Waals surface area contributed by atoms with E-state index in [2.05, 4.69) is 10.1 Å². The van der Waals surface area contributed by atoms with Crippen LogP contribution < -0.4 is 11.1 Å². The van der Waals surface area contributed by atoms with E-state index in [4.69, 9.17) is 10.8 Å². The number of unbranched alkanes of at least 4 members (excludes halogenated alkanes) is 1. The van der Waals surface area contributed by atoms with Crippen LogP contribution in [0, 0.1) is 0 Å². The van der Waals surface area contributed by atoms with Crippen molar-refractivity contribution in [3.05, 3.63) is 0 Å². The van der Waals surface area contributed by atoms with Crippen LogP contribution in [0.1, 0.15) is 26.2 Å². The van der Waals surface area contributed by atoms with E-state index in [9.17, 15) is 4.79 Å². The molecule has 0 aromatic heterocycles. The zero-order chi connectivity index (χ0) is 11.7. The van der Waals surface area contributed by atoms with Crippen molar-refractivity contribution in [1.29, 1.82) is 0 Å². The number of carbonyl (C=O) groups excluding carboxylic acids is 1. The normalized spacial score (nSPS) is 14.7. The maximum absolute atomic E-state index is 10.9. The molecular formula is C10H22N2O3. The quantitative estimate of drug-likeness (QED) is 0.382. The highest BCUT2D eigenvalue weighted by Gasteiger charge is 2.12. The highest BCUT2D eigenvalue weighted by atomic mass is 16.5. The Kier molecular flexibility index (Phi) is 8.27. The van der Waals surface area contributed by atoms with Gasteiger partial charge in [-0.05, 0) is 26.3 Å². The highest BCUT2D eigenvalue weighted by Crippen LogP contribution is 1.99. The molecule has 4 N–H and O–H groups in total. The standard InChI is InChI=1S/C10H22N2O3/c1-8(13)7-12-6-4-3-5-9(11)10(14)15-2/h8-9,12-13H,3-7,11H2,1-2H3. The van der Waals surface area contributed by atoms with Gasteiger partial charge >= 0.3 is 5.97 Å². The lowest BCUT2D eigenvalue weighted by atomic mass is 10.1. The van der Waals surface area contributed by atoms with Gasteiger partial charge in [0.05, 0.1) is 13.2 Å². The van der Waals surface area contributed by atoms with Crippen LogP contribution in [0.5, 0.6) is 0 Å². The maximum Gasteiger partial charge on any atom is 0.322 e. The Balaban J connectivity index is 3.27. The molecule has 5 nitrogen and oxygen atoms in total. The van der Waals surface area contributed by atoms with Crippen LogP contribution in [0.15, 0.2) is 0 Å². The topological polar surface area (TPSA) is 84.6 Å². The molecule has 0 saturated heterocycles. The molecule has 0 aromatic rings. The summed E-state index contributed by atoms with van der Waals surface area (Å²) in [5.74, 6) is -0.355. The van der Waals surface area contributed by atoms with Crippen LogP contribution in [-0.4, -0.2) is 43.4 Å². The molecule has 0 fully saturated rings. The summed E-state index contributed by atoms with van der Waals surface area (Å²) in [7, 11) is 1.34. The minimum atomic E-state index is -0.508. The predicted octanol–water partition coefficient (Wildman–Crippen LogP) is -0.373. The second-order valence-corrected chi connectivity index (χ2v) is 3.68. The number of nitrogens with two attached hydrogens (primary N) is 1. The Morgan fingerprint density at radius 3 is 2.73 bits per heavy atom. The van der Waals surface area contributed by atoms with E-state index in [0.717, 1.165) is 19.4 Å². The third-order valence-electron chi connectivity index (χ3n) is 2.06. The summed E-state index contributed by atoms with van der Waals surface area (Å²) >= 11 is 0. The van der Waals surface area contributed by atoms with Gasteiger partial charge in [-0.2, -0.15) is 0 Å². The van der Waals surface area contributed by atoms with E-state index >= 15 is 0 Å². The van der Waals surface area contributed by atoms with E-state index in [1.165, 1.54) is 7.11 Å². The summed E-state index contributed by atoms with van der Waals surface area (Å²) in [6.07, 6.45) is 2.14. The molecule has 0 aliphatic rings. The van der Waals surface area contributed by atoms with Gasteiger partial charge in [0.1, 0.15) is 6.04 Å². The Morgan fingerprint density at radius 1 is 1.53 bits per heavy atom. The molecule has 0 aliphatic heterocycles. The molecule has 0 bridgehead atoms. The summed E-state index contributed by atoms with van der Waals surface area (Å²) in [6.45, 7) is 3.17. The molecule has 15 heavy (non-hydrogen) atoms. The number of nitrogens with one attached hydrogen (secondary N) is 1. The summed E-state index contributed by atoms with van der Waals surface area (Å²) in [6, 6.07) is -0.508. The number of ether oxygens (including phenoxy) is 1. The Bertz CT molecular complexity index is 174. The van der Waals surface area contributed by atoms with E-state index in [-0.39, 0.29) is 12.1 Å². The lowest BCUT2D eigenvalue weighted by Gasteiger charge is -2.09. The molecule has 0 heterocycles. The summed E-state index contributed by atoms with van der Waals surface area (Å²) < 4.78 is 4.51. The zero-order valence-electron chi connectivity index (χ0n) is 9.53. The average Bonchev–Trinajstić information content (AvgIpc) is 2.21. The number of rotatable bonds is 8. The fourth-order valence-electron chi connectivity index (χ4n) is 1.19. The van der Waals surface area contributed by atoms with Crippen LogP contribution in [-0.2, 0) is 9.53 Å². The molecule has 90 valence electrons. The SMILES string of the molecule is COC(=O)C(N)CCCCNCC(C)O. The minimum absolute atomic E-state index is 0.317. The van der Waals surface area contributed by atoms with Gasteiger partial charge in [0.25, 0.3) is 0 Å². The smallest absolute Gasteiger partial charge is 0.322 e. The van der Waals surface area contributed by atoms with Crippen molar-refractivity contribution in [2.24, 2.45) is 5.73 Å². The molecule has 0 spiro atoms. The van der Waals surface area contributed by atoms with E-state index in [0.29, 0.717) is 13.0 Å². The maximum atomic E-state index is 10.9. The lowest BCUT2D eigenvalue weighted by Crippen LogP contribution is -2.31. The van der Waals surface area contributed by atoms with Crippen LogP contribution in [0.3, 0.4) is 0 Å². The molecule has 0 amide bonds.